The smallest absolute Gasteiger partial charge is 0.243 e. The molecule has 0 radical (unpaired) electrons. The summed E-state index contributed by atoms with van der Waals surface area (Å²) in [7, 11) is 3.50. The van der Waals surface area contributed by atoms with Crippen LogP contribution in [0, 0.1) is 0 Å². The molecule has 2 N–H and O–H groups in total. The molecule has 1 aliphatic rings. The molecule has 8 heteroatoms. The number of pyridine rings is 1. The highest BCUT2D eigenvalue weighted by Gasteiger charge is 2.21. The number of aliphatic imine (C=N–C) groups is 1. The van der Waals surface area contributed by atoms with Crippen molar-refractivity contribution in [3.8, 4) is 0 Å². The molecule has 0 spiro atoms. The molecule has 1 amide bonds. The van der Waals surface area contributed by atoms with Gasteiger partial charge in [0, 0.05) is 39.4 Å². The van der Waals surface area contributed by atoms with Crippen molar-refractivity contribution < 1.29 is 4.79 Å². The molecule has 2 heterocycles. The first-order valence-corrected chi connectivity index (χ1v) is 10.5. The Bertz CT molecular complexity index is 822. The van der Waals surface area contributed by atoms with Crippen LogP contribution in [0.4, 0.5) is 5.82 Å². The maximum Gasteiger partial charge on any atom is 0.243 e. The molecule has 1 aliphatic heterocycles. The van der Waals surface area contributed by atoms with Crippen molar-refractivity contribution in [2.45, 2.75) is 31.8 Å². The quantitative estimate of drug-likeness (QED) is 0.338. The van der Waals surface area contributed by atoms with Gasteiger partial charge in [0.1, 0.15) is 12.4 Å². The van der Waals surface area contributed by atoms with Crippen molar-refractivity contribution >= 4 is 41.7 Å². The Morgan fingerprint density at radius 2 is 1.84 bits per heavy atom. The van der Waals surface area contributed by atoms with E-state index in [4.69, 9.17) is 0 Å². The monoisotopic (exact) mass is 536 g/mol. The Hall–Kier alpha value is -2.36. The third-order valence-electron chi connectivity index (χ3n) is 5.33. The van der Waals surface area contributed by atoms with Crippen LogP contribution >= 0.6 is 24.0 Å². The average Bonchev–Trinajstić information content (AvgIpc) is 2.78. The van der Waals surface area contributed by atoms with Crippen LogP contribution in [0.1, 0.15) is 31.4 Å². The number of carbonyl (C=O) groups is 1. The minimum absolute atomic E-state index is 0. The average molecular weight is 536 g/mol. The summed E-state index contributed by atoms with van der Waals surface area (Å²) in [5, 5.41) is 7.00. The van der Waals surface area contributed by atoms with Gasteiger partial charge in [-0.05, 0) is 37.5 Å². The molecular weight excluding hydrogens is 503 g/mol. The summed E-state index contributed by atoms with van der Waals surface area (Å²) >= 11 is 0. The number of piperidine rings is 1. The molecule has 31 heavy (non-hydrogen) atoms. The van der Waals surface area contributed by atoms with Gasteiger partial charge in [-0.2, -0.15) is 0 Å². The summed E-state index contributed by atoms with van der Waals surface area (Å²) in [6.45, 7) is 4.10. The van der Waals surface area contributed by atoms with Gasteiger partial charge in [-0.3, -0.25) is 4.79 Å². The maximum absolute atomic E-state index is 12.0. The number of hydrogen-bond acceptors (Lipinski definition) is 4. The van der Waals surface area contributed by atoms with Crippen LogP contribution in [0.15, 0.2) is 59.7 Å². The van der Waals surface area contributed by atoms with E-state index in [0.29, 0.717) is 12.0 Å². The Morgan fingerprint density at radius 3 is 2.45 bits per heavy atom. The number of hydrogen-bond donors (Lipinski definition) is 2. The Labute approximate surface area is 202 Å². The molecular formula is C23H33IN6O. The van der Waals surface area contributed by atoms with Crippen molar-refractivity contribution in [3.05, 3.63) is 60.3 Å². The molecule has 1 saturated heterocycles. The fraction of sp³-hybridized carbons (Fsp3) is 0.435. The van der Waals surface area contributed by atoms with E-state index in [2.05, 4.69) is 50.6 Å². The number of benzene rings is 1. The highest BCUT2D eigenvalue weighted by molar-refractivity contribution is 14.0. The van der Waals surface area contributed by atoms with E-state index in [9.17, 15) is 4.79 Å². The number of anilines is 1. The molecule has 2 aromatic rings. The third kappa shape index (κ3) is 7.68. The standard InChI is InChI=1S/C23H32N6O.HI/c1-18(19-9-5-4-6-10-19)26-23(25-17-22(30)28(2)3)27-20-12-15-29(16-13-20)21-11-7-8-14-24-21;/h4-11,14,18,20H,12-13,15-17H2,1-3H3,(H2,25,26,27);1H. The number of guanidine groups is 1. The Morgan fingerprint density at radius 1 is 1.16 bits per heavy atom. The lowest BCUT2D eigenvalue weighted by atomic mass is 10.1. The Balaban J connectivity index is 0.00000341. The number of nitrogens with one attached hydrogen (secondary N) is 2. The van der Waals surface area contributed by atoms with Gasteiger partial charge in [0.2, 0.25) is 5.91 Å². The molecule has 0 saturated carbocycles. The second kappa shape index (κ2) is 12.5. The van der Waals surface area contributed by atoms with Crippen LogP contribution in [0.5, 0.6) is 0 Å². The number of aromatic nitrogens is 1. The van der Waals surface area contributed by atoms with Crippen molar-refractivity contribution in [1.29, 1.82) is 0 Å². The molecule has 1 fully saturated rings. The highest BCUT2D eigenvalue weighted by atomic mass is 127. The predicted molar refractivity (Wildman–Crippen MR) is 137 cm³/mol. The van der Waals surface area contributed by atoms with Gasteiger partial charge in [0.05, 0.1) is 6.04 Å². The first-order chi connectivity index (χ1) is 14.5. The molecule has 1 aromatic carbocycles. The lowest BCUT2D eigenvalue weighted by molar-refractivity contribution is -0.127. The molecule has 1 unspecified atom stereocenters. The van der Waals surface area contributed by atoms with Gasteiger partial charge in [-0.15, -0.1) is 24.0 Å². The van der Waals surface area contributed by atoms with E-state index < -0.39 is 0 Å². The number of carbonyl (C=O) groups excluding carboxylic acids is 1. The largest absolute Gasteiger partial charge is 0.356 e. The van der Waals surface area contributed by atoms with Crippen LogP contribution in [0.25, 0.3) is 0 Å². The predicted octanol–water partition coefficient (Wildman–Crippen LogP) is 3.05. The topological polar surface area (TPSA) is 72.9 Å². The summed E-state index contributed by atoms with van der Waals surface area (Å²) in [4.78, 5) is 24.9. The normalized spacial score (nSPS) is 15.6. The fourth-order valence-electron chi connectivity index (χ4n) is 3.44. The first-order valence-electron chi connectivity index (χ1n) is 10.5. The van der Waals surface area contributed by atoms with E-state index in [1.807, 2.05) is 36.5 Å². The zero-order chi connectivity index (χ0) is 21.3. The molecule has 7 nitrogen and oxygen atoms in total. The summed E-state index contributed by atoms with van der Waals surface area (Å²) in [6.07, 6.45) is 3.80. The van der Waals surface area contributed by atoms with Crippen LogP contribution in [-0.2, 0) is 4.79 Å². The van der Waals surface area contributed by atoms with Gasteiger partial charge in [0.25, 0.3) is 0 Å². The Kier molecular flexibility index (Phi) is 10.0. The lowest BCUT2D eigenvalue weighted by Gasteiger charge is -2.34. The fourth-order valence-corrected chi connectivity index (χ4v) is 3.44. The van der Waals surface area contributed by atoms with Crippen LogP contribution in [-0.4, -0.2) is 61.5 Å². The van der Waals surface area contributed by atoms with Gasteiger partial charge in [0.15, 0.2) is 5.96 Å². The lowest BCUT2D eigenvalue weighted by Crippen LogP contribution is -2.49. The number of amides is 1. The molecule has 0 bridgehead atoms. The minimum atomic E-state index is -0.0200. The summed E-state index contributed by atoms with van der Waals surface area (Å²) < 4.78 is 0. The number of likely N-dealkylation sites (N-methyl/N-ethyl adjacent to an activating group) is 1. The van der Waals surface area contributed by atoms with Crippen LogP contribution in [0.2, 0.25) is 0 Å². The minimum Gasteiger partial charge on any atom is -0.356 e. The number of halogens is 1. The highest BCUT2D eigenvalue weighted by Crippen LogP contribution is 2.17. The van der Waals surface area contributed by atoms with Crippen molar-refractivity contribution in [1.82, 2.24) is 20.5 Å². The zero-order valence-electron chi connectivity index (χ0n) is 18.5. The number of nitrogens with zero attached hydrogens (tertiary/aromatic N) is 4. The molecule has 1 aromatic heterocycles. The summed E-state index contributed by atoms with van der Waals surface area (Å²) in [6, 6.07) is 16.6. The zero-order valence-corrected chi connectivity index (χ0v) is 20.8. The maximum atomic E-state index is 12.0. The van der Waals surface area contributed by atoms with Crippen LogP contribution < -0.4 is 15.5 Å². The van der Waals surface area contributed by atoms with Crippen molar-refractivity contribution in [2.24, 2.45) is 4.99 Å². The first kappa shape index (κ1) is 24.9. The van der Waals surface area contributed by atoms with E-state index in [0.717, 1.165) is 31.7 Å². The van der Waals surface area contributed by atoms with Gasteiger partial charge >= 0.3 is 0 Å². The summed E-state index contributed by atoms with van der Waals surface area (Å²) in [5.41, 5.74) is 1.18. The van der Waals surface area contributed by atoms with E-state index >= 15 is 0 Å². The number of rotatable bonds is 6. The van der Waals surface area contributed by atoms with E-state index in [1.54, 1.807) is 19.0 Å². The second-order valence-corrected chi connectivity index (χ2v) is 7.82. The van der Waals surface area contributed by atoms with Gasteiger partial charge < -0.3 is 20.4 Å². The van der Waals surface area contributed by atoms with Crippen LogP contribution in [0.3, 0.4) is 0 Å². The van der Waals surface area contributed by atoms with Crippen molar-refractivity contribution in [3.63, 3.8) is 0 Å². The molecule has 168 valence electrons. The van der Waals surface area contributed by atoms with Gasteiger partial charge in [-0.25, -0.2) is 9.98 Å². The third-order valence-corrected chi connectivity index (χ3v) is 5.33. The van der Waals surface area contributed by atoms with E-state index in [-0.39, 0.29) is 42.5 Å². The van der Waals surface area contributed by atoms with E-state index in [1.165, 1.54) is 5.56 Å². The molecule has 1 atom stereocenters. The second-order valence-electron chi connectivity index (χ2n) is 7.82. The molecule has 3 rings (SSSR count). The van der Waals surface area contributed by atoms with Crippen molar-refractivity contribution in [2.75, 3.05) is 38.6 Å². The molecule has 0 aliphatic carbocycles. The summed E-state index contributed by atoms with van der Waals surface area (Å²) in [5.74, 6) is 1.68. The SMILES string of the molecule is CC(NC(=NCC(=O)N(C)C)NC1CCN(c2ccccn2)CC1)c1ccccc1.I. The van der Waals surface area contributed by atoms with Gasteiger partial charge in [-0.1, -0.05) is 36.4 Å².